The van der Waals surface area contributed by atoms with Crippen LogP contribution >= 0.6 is 19.5 Å². The van der Waals surface area contributed by atoms with Gasteiger partial charge in [-0.25, -0.2) is 4.98 Å². The number of nitrogen functional groups attached to an aromatic ring is 1. The molecule has 1 fully saturated rings. The Kier molecular flexibility index (Phi) is 5.87. The molecule has 0 amide bonds. The van der Waals surface area contributed by atoms with Crippen LogP contribution in [-0.4, -0.2) is 64.7 Å². The van der Waals surface area contributed by atoms with Crippen LogP contribution < -0.4 is 11.3 Å². The third-order valence-electron chi connectivity index (χ3n) is 3.24. The van der Waals surface area contributed by atoms with Crippen LogP contribution in [0.4, 0.5) is 5.95 Å². The molecular weight excluding hydrogens is 365 g/mol. The van der Waals surface area contributed by atoms with Crippen LogP contribution in [0.15, 0.2) is 11.1 Å². The minimum Gasteiger partial charge on any atom is -0.394 e. The molecule has 0 aromatic carbocycles. The number of imidazole rings is 1. The van der Waals surface area contributed by atoms with Crippen LogP contribution in [0.3, 0.4) is 0 Å². The van der Waals surface area contributed by atoms with Crippen LogP contribution in [-0.2, 0) is 9.30 Å². The molecule has 2 aromatic heterocycles. The van der Waals surface area contributed by atoms with E-state index in [1.54, 1.807) is 0 Å². The SMILES string of the molecule is Nc1nc2c(ncn2[C@@H]2O[C@H](CO)[C@@H](O)[C@H]2O)c(=O)[nH]1.O=[P+](O)S. The van der Waals surface area contributed by atoms with Crippen molar-refractivity contribution in [1.82, 2.24) is 19.5 Å². The fraction of sp³-hybridized carbons (Fsp3) is 0.500. The van der Waals surface area contributed by atoms with Crippen LogP contribution in [0.1, 0.15) is 6.23 Å². The van der Waals surface area contributed by atoms with E-state index < -0.39 is 43.9 Å². The van der Waals surface area contributed by atoms with E-state index in [9.17, 15) is 15.0 Å². The maximum Gasteiger partial charge on any atom is 0.579 e. The summed E-state index contributed by atoms with van der Waals surface area (Å²) in [6, 6.07) is 0. The molecular formula is C10H15N5O7PS+. The smallest absolute Gasteiger partial charge is 0.394 e. The van der Waals surface area contributed by atoms with Gasteiger partial charge in [-0.15, -0.1) is 0 Å². The van der Waals surface area contributed by atoms with E-state index in [4.69, 9.17) is 25.0 Å². The highest BCUT2D eigenvalue weighted by Crippen LogP contribution is 2.30. The lowest BCUT2D eigenvalue weighted by Gasteiger charge is -2.16. The van der Waals surface area contributed by atoms with E-state index in [2.05, 4.69) is 27.2 Å². The van der Waals surface area contributed by atoms with E-state index in [1.807, 2.05) is 0 Å². The Morgan fingerprint density at radius 3 is 2.62 bits per heavy atom. The summed E-state index contributed by atoms with van der Waals surface area (Å²) >= 11 is 3.03. The molecule has 7 N–H and O–H groups in total. The topological polar surface area (TPSA) is 197 Å². The molecule has 132 valence electrons. The molecule has 1 aliphatic heterocycles. The number of nitrogens with two attached hydrogens (primary N) is 1. The van der Waals surface area contributed by atoms with Crippen molar-refractivity contribution in [2.24, 2.45) is 0 Å². The van der Waals surface area contributed by atoms with Gasteiger partial charge in [0, 0.05) is 0 Å². The molecule has 0 bridgehead atoms. The molecule has 0 saturated carbocycles. The third kappa shape index (κ3) is 3.72. The number of hydrogen-bond donors (Lipinski definition) is 7. The normalized spacial score (nSPS) is 27.0. The van der Waals surface area contributed by atoms with Crippen molar-refractivity contribution in [3.05, 3.63) is 16.7 Å². The number of fused-ring (bicyclic) bond motifs is 1. The molecule has 3 heterocycles. The Balaban J connectivity index is 0.000000471. The molecule has 5 atom stereocenters. The van der Waals surface area contributed by atoms with Crippen LogP contribution in [0, 0.1) is 0 Å². The average Bonchev–Trinajstić information content (AvgIpc) is 3.01. The number of thiol groups is 1. The van der Waals surface area contributed by atoms with E-state index in [1.165, 1.54) is 10.9 Å². The zero-order valence-electron chi connectivity index (χ0n) is 11.9. The van der Waals surface area contributed by atoms with Gasteiger partial charge < -0.3 is 25.8 Å². The molecule has 14 heteroatoms. The minimum absolute atomic E-state index is 0.0388. The Labute approximate surface area is 140 Å². The molecule has 0 aliphatic carbocycles. The van der Waals surface area contributed by atoms with Gasteiger partial charge in [-0.2, -0.15) is 9.88 Å². The number of H-pyrrole nitrogens is 1. The molecule has 12 nitrogen and oxygen atoms in total. The lowest BCUT2D eigenvalue weighted by molar-refractivity contribution is -0.0511. The summed E-state index contributed by atoms with van der Waals surface area (Å²) in [5.74, 6) is -0.101. The largest absolute Gasteiger partial charge is 0.579 e. The summed E-state index contributed by atoms with van der Waals surface area (Å²) in [6.45, 7) is -0.447. The number of ether oxygens (including phenoxy) is 1. The summed E-state index contributed by atoms with van der Waals surface area (Å²) in [7, 11) is -2.18. The van der Waals surface area contributed by atoms with E-state index in [0.717, 1.165) is 0 Å². The number of rotatable bonds is 2. The number of aliphatic hydroxyl groups excluding tert-OH is 3. The number of hydrogen-bond acceptors (Lipinski definition) is 9. The molecule has 2 aromatic rings. The summed E-state index contributed by atoms with van der Waals surface area (Å²) in [6.07, 6.45) is -3.21. The summed E-state index contributed by atoms with van der Waals surface area (Å²) < 4.78 is 15.7. The molecule has 0 radical (unpaired) electrons. The van der Waals surface area contributed by atoms with Gasteiger partial charge in [0.05, 0.1) is 12.9 Å². The van der Waals surface area contributed by atoms with Crippen LogP contribution in [0.5, 0.6) is 0 Å². The lowest BCUT2D eigenvalue weighted by Crippen LogP contribution is -2.33. The Bertz CT molecular complexity index is 793. The summed E-state index contributed by atoms with van der Waals surface area (Å²) in [5.41, 5.74) is 5.12. The van der Waals surface area contributed by atoms with Gasteiger partial charge in [-0.1, -0.05) is 0 Å². The van der Waals surface area contributed by atoms with Crippen molar-refractivity contribution < 1.29 is 29.5 Å². The van der Waals surface area contributed by atoms with Gasteiger partial charge in [0.15, 0.2) is 17.4 Å². The van der Waals surface area contributed by atoms with Gasteiger partial charge in [0.25, 0.3) is 5.56 Å². The van der Waals surface area contributed by atoms with Crippen molar-refractivity contribution in [2.75, 3.05) is 12.3 Å². The van der Waals surface area contributed by atoms with Crippen LogP contribution in [0.25, 0.3) is 11.2 Å². The first kappa shape index (κ1) is 18.7. The Morgan fingerprint density at radius 1 is 1.46 bits per heavy atom. The second kappa shape index (κ2) is 7.53. The molecule has 1 unspecified atom stereocenters. The number of aliphatic hydroxyl groups is 3. The lowest BCUT2D eigenvalue weighted by atomic mass is 10.1. The second-order valence-electron chi connectivity index (χ2n) is 4.76. The second-order valence-corrected chi connectivity index (χ2v) is 6.29. The molecule has 0 spiro atoms. The van der Waals surface area contributed by atoms with Gasteiger partial charge in [-0.3, -0.25) is 14.3 Å². The standard InChI is InChI=1S/C10H13N5O5.HO2PS/c11-10-13-7-4(8(19)14-10)12-2-15(7)9-6(18)5(17)3(1-16)20-9;1-3(2)4/h2-3,5-6,9,16-18H,1H2,(H3,11,13,14,19);(H-,1,2,4)/p+1/t3-,5-,6-,9-;/m1./s1. The fourth-order valence-electron chi connectivity index (χ4n) is 2.24. The minimum atomic E-state index is -2.18. The first-order valence-electron chi connectivity index (χ1n) is 6.46. The Morgan fingerprint density at radius 2 is 2.08 bits per heavy atom. The van der Waals surface area contributed by atoms with E-state index in [0.29, 0.717) is 0 Å². The maximum atomic E-state index is 11.7. The van der Waals surface area contributed by atoms with Crippen molar-refractivity contribution in [3.8, 4) is 0 Å². The van der Waals surface area contributed by atoms with Gasteiger partial charge >= 0.3 is 7.23 Å². The summed E-state index contributed by atoms with van der Waals surface area (Å²) in [4.78, 5) is 29.2. The zero-order chi connectivity index (χ0) is 18.0. The van der Waals surface area contributed by atoms with E-state index >= 15 is 0 Å². The van der Waals surface area contributed by atoms with Gasteiger partial charge in [0.1, 0.15) is 30.6 Å². The van der Waals surface area contributed by atoms with Crippen molar-refractivity contribution >= 4 is 36.6 Å². The number of nitrogens with one attached hydrogen (secondary N) is 1. The first-order chi connectivity index (χ1) is 11.3. The maximum absolute atomic E-state index is 11.7. The zero-order valence-corrected chi connectivity index (χ0v) is 13.7. The van der Waals surface area contributed by atoms with Gasteiger partial charge in [0.2, 0.25) is 5.95 Å². The molecule has 1 saturated heterocycles. The monoisotopic (exact) mass is 380 g/mol. The predicted molar refractivity (Wildman–Crippen MR) is 84.4 cm³/mol. The summed E-state index contributed by atoms with van der Waals surface area (Å²) in [5, 5.41) is 28.7. The number of anilines is 1. The quantitative estimate of drug-likeness (QED) is 0.223. The predicted octanol–water partition coefficient (Wildman–Crippen LogP) is -2.12. The van der Waals surface area contributed by atoms with E-state index in [-0.39, 0.29) is 17.1 Å². The molecule has 1 aliphatic rings. The third-order valence-corrected chi connectivity index (χ3v) is 3.24. The highest BCUT2D eigenvalue weighted by Gasteiger charge is 2.44. The molecule has 3 rings (SSSR count). The number of nitrogens with zero attached hydrogens (tertiary/aromatic N) is 3. The highest BCUT2D eigenvalue weighted by atomic mass is 32.7. The van der Waals surface area contributed by atoms with Crippen molar-refractivity contribution in [2.45, 2.75) is 24.5 Å². The van der Waals surface area contributed by atoms with Gasteiger partial charge in [-0.05, 0) is 4.57 Å². The van der Waals surface area contributed by atoms with Crippen LogP contribution in [0.2, 0.25) is 0 Å². The van der Waals surface area contributed by atoms with Crippen molar-refractivity contribution in [1.29, 1.82) is 0 Å². The fourth-order valence-corrected chi connectivity index (χ4v) is 2.24. The highest BCUT2D eigenvalue weighted by molar-refractivity contribution is 8.38. The number of aromatic amines is 1. The Hall–Kier alpha value is -1.60. The number of aromatic nitrogens is 4. The average molecular weight is 380 g/mol. The molecule has 24 heavy (non-hydrogen) atoms. The van der Waals surface area contributed by atoms with Crippen molar-refractivity contribution in [3.63, 3.8) is 0 Å². The first-order valence-corrected chi connectivity index (χ1v) is 8.82.